The summed E-state index contributed by atoms with van der Waals surface area (Å²) in [6, 6.07) is 41.1. The van der Waals surface area contributed by atoms with E-state index in [4.69, 9.17) is 16.8 Å². The predicted octanol–water partition coefficient (Wildman–Crippen LogP) is 17.3. The van der Waals surface area contributed by atoms with Crippen molar-refractivity contribution in [3.05, 3.63) is 192 Å². The van der Waals surface area contributed by atoms with Gasteiger partial charge in [0, 0.05) is 25.6 Å². The summed E-state index contributed by atoms with van der Waals surface area (Å²) in [5.74, 6) is -1.96. The molecule has 4 nitrogen and oxygen atoms in total. The zero-order valence-corrected chi connectivity index (χ0v) is 40.5. The number of rotatable bonds is 9. The van der Waals surface area contributed by atoms with Crippen LogP contribution in [0.1, 0.15) is 118 Å². The minimum atomic E-state index is -1.23. The number of para-hydroxylation sites is 1. The van der Waals surface area contributed by atoms with Crippen LogP contribution in [0.5, 0.6) is 5.75 Å². The quantitative estimate of drug-likeness (QED) is 0.157. The number of aromatic hydroxyl groups is 1. The lowest BCUT2D eigenvalue weighted by atomic mass is 9.83. The third-order valence-corrected chi connectivity index (χ3v) is 12.8. The fourth-order valence-electron chi connectivity index (χ4n) is 8.92. The van der Waals surface area contributed by atoms with Crippen molar-refractivity contribution >= 4 is 11.0 Å². The topological polar surface area (TPSA) is 50.9 Å². The molecule has 0 radical (unpaired) electrons. The van der Waals surface area contributed by atoms with Gasteiger partial charge in [0.25, 0.3) is 0 Å². The summed E-state index contributed by atoms with van der Waals surface area (Å²) >= 11 is 0. The van der Waals surface area contributed by atoms with Gasteiger partial charge in [-0.3, -0.25) is 9.55 Å². The van der Waals surface area contributed by atoms with Gasteiger partial charge in [0.1, 0.15) is 11.6 Å². The Morgan fingerprint density at radius 2 is 1.25 bits per heavy atom. The summed E-state index contributed by atoms with van der Waals surface area (Å²) < 4.78 is 63.2. The van der Waals surface area contributed by atoms with Crippen LogP contribution < -0.4 is 0 Å². The first-order chi connectivity index (χ1) is 34.6. The molecule has 0 atom stereocenters. The van der Waals surface area contributed by atoms with Crippen LogP contribution in [-0.2, 0) is 10.8 Å². The number of phenols is 1. The van der Waals surface area contributed by atoms with E-state index in [-0.39, 0.29) is 34.2 Å². The summed E-state index contributed by atoms with van der Waals surface area (Å²) in [7, 11) is 0. The van der Waals surface area contributed by atoms with Crippen molar-refractivity contribution in [2.24, 2.45) is 0 Å². The van der Waals surface area contributed by atoms with Crippen LogP contribution in [0.25, 0.3) is 83.9 Å². The summed E-state index contributed by atoms with van der Waals surface area (Å²) in [6.07, 6.45) is 1.61. The van der Waals surface area contributed by atoms with Gasteiger partial charge in [-0.15, -0.1) is 0 Å². The summed E-state index contributed by atoms with van der Waals surface area (Å²) in [6.45, 7) is 22.3. The second-order valence-corrected chi connectivity index (χ2v) is 20.2. The van der Waals surface area contributed by atoms with Crippen molar-refractivity contribution in [2.75, 3.05) is 0 Å². The molecule has 9 aromatic rings. The Balaban J connectivity index is 1.38. The molecule has 7 aromatic carbocycles. The van der Waals surface area contributed by atoms with Gasteiger partial charge < -0.3 is 5.11 Å². The van der Waals surface area contributed by atoms with Crippen molar-refractivity contribution in [3.63, 3.8) is 0 Å². The zero-order chi connectivity index (χ0) is 53.6. The number of nitrogens with zero attached hydrogens (tertiary/aromatic N) is 3. The van der Waals surface area contributed by atoms with Crippen LogP contribution in [0.4, 0.5) is 0 Å². The lowest BCUT2D eigenvalue weighted by Crippen LogP contribution is -2.11. The Morgan fingerprint density at radius 3 is 1.93 bits per heavy atom. The van der Waals surface area contributed by atoms with Gasteiger partial charge in [0.2, 0.25) is 0 Å². The van der Waals surface area contributed by atoms with E-state index >= 15 is 0 Å². The second-order valence-electron chi connectivity index (χ2n) is 20.2. The molecular weight excluding hydrogens is 815 g/mol. The molecule has 0 saturated heterocycles. The number of hydrogen-bond donors (Lipinski definition) is 1. The number of aromatic nitrogens is 3. The number of imidazole rings is 1. The second kappa shape index (κ2) is 17.6. The normalized spacial score (nSPS) is 13.9. The molecule has 2 heterocycles. The van der Waals surface area contributed by atoms with Crippen LogP contribution in [0.2, 0.25) is 0 Å². The maximum Gasteiger partial charge on any atom is 0.149 e. The highest BCUT2D eigenvalue weighted by Crippen LogP contribution is 2.46. The Hall–Kier alpha value is -7.04. The first kappa shape index (κ1) is 37.1. The highest BCUT2D eigenvalue weighted by Gasteiger charge is 2.27. The summed E-state index contributed by atoms with van der Waals surface area (Å²) in [5, 5.41) is 12.6. The average Bonchev–Trinajstić information content (AvgIpc) is 3.73. The fraction of sp³-hybridized carbons (Fsp3) is 0.238. The number of hydrogen-bond acceptors (Lipinski definition) is 3. The van der Waals surface area contributed by atoms with Gasteiger partial charge in [0.15, 0.2) is 0 Å². The third kappa shape index (κ3) is 8.86. The monoisotopic (exact) mass is 885 g/mol. The van der Waals surface area contributed by atoms with Crippen LogP contribution in [-0.4, -0.2) is 19.6 Å². The minimum absolute atomic E-state index is 0.0660. The van der Waals surface area contributed by atoms with Gasteiger partial charge in [-0.2, -0.15) is 0 Å². The molecule has 0 aliphatic rings. The smallest absolute Gasteiger partial charge is 0.149 e. The Kier molecular flexibility index (Phi) is 9.77. The van der Waals surface area contributed by atoms with E-state index in [0.717, 1.165) is 61.3 Å². The largest absolute Gasteiger partial charge is 0.507 e. The Morgan fingerprint density at radius 1 is 0.567 bits per heavy atom. The molecule has 0 spiro atoms. The average molecular weight is 885 g/mol. The predicted molar refractivity (Wildman–Crippen MR) is 283 cm³/mol. The van der Waals surface area contributed by atoms with E-state index < -0.39 is 29.9 Å². The highest BCUT2D eigenvalue weighted by atomic mass is 16.3. The number of fused-ring (bicyclic) bond motifs is 1. The number of pyridine rings is 1. The third-order valence-electron chi connectivity index (χ3n) is 12.8. The van der Waals surface area contributed by atoms with Gasteiger partial charge in [0.05, 0.1) is 34.8 Å². The molecule has 0 unspecified atom stereocenters. The van der Waals surface area contributed by atoms with Crippen molar-refractivity contribution in [3.8, 4) is 78.6 Å². The molecule has 9 rings (SSSR count). The first-order valence-electron chi connectivity index (χ1n) is 26.5. The fourth-order valence-corrected chi connectivity index (χ4v) is 8.92. The van der Waals surface area contributed by atoms with Crippen molar-refractivity contribution < 1.29 is 14.7 Å². The highest BCUT2D eigenvalue weighted by molar-refractivity contribution is 5.98. The van der Waals surface area contributed by atoms with Gasteiger partial charge in [-0.25, -0.2) is 4.98 Å². The molecule has 4 heteroatoms. The molecule has 336 valence electrons. The van der Waals surface area contributed by atoms with E-state index in [1.54, 1.807) is 38.2 Å². The Bertz CT molecular complexity index is 3640. The standard InChI is InChI=1S/C63H63N3O/c1-39(2)46-35-52(40(3)4)60(67)55(36-46)61-65-59-51(47-32-48(34-50(33-47)63(9,10)11)56-37-45(29-30-64-56)42-19-14-12-15-20-42)23-18-24-57(59)66(61)58-38-53(43-21-16-13-17-22-43)41(5)31-54(58)44-25-27-49(28-26-44)62(6,7)8/h12-40,67H,1-11H3/i12D,14D,15D,19D,20D,39D,40D. The molecular formula is C63H63N3O. The Labute approximate surface area is 407 Å². The van der Waals surface area contributed by atoms with Crippen LogP contribution in [0.3, 0.4) is 0 Å². The van der Waals surface area contributed by atoms with Crippen LogP contribution in [0, 0.1) is 6.92 Å². The minimum Gasteiger partial charge on any atom is -0.507 e. The van der Waals surface area contributed by atoms with Crippen molar-refractivity contribution in [2.45, 2.75) is 98.8 Å². The molecule has 0 aliphatic carbocycles. The van der Waals surface area contributed by atoms with E-state index in [0.29, 0.717) is 39.3 Å². The molecule has 67 heavy (non-hydrogen) atoms. The van der Waals surface area contributed by atoms with Crippen LogP contribution >= 0.6 is 0 Å². The number of benzene rings is 7. The molecule has 0 saturated carbocycles. The molecule has 0 fully saturated rings. The number of phenolic OH excluding ortho intramolecular Hbond substituents is 1. The summed E-state index contributed by atoms with van der Waals surface area (Å²) in [5.41, 5.74) is 14.1. The van der Waals surface area contributed by atoms with E-state index in [1.807, 2.05) is 56.3 Å². The van der Waals surface area contributed by atoms with Crippen molar-refractivity contribution in [1.82, 2.24) is 14.5 Å². The van der Waals surface area contributed by atoms with E-state index in [9.17, 15) is 7.85 Å². The maximum atomic E-state index is 12.6. The van der Waals surface area contributed by atoms with Crippen LogP contribution in [0.15, 0.2) is 164 Å². The zero-order valence-electron chi connectivity index (χ0n) is 47.5. The lowest BCUT2D eigenvalue weighted by molar-refractivity contribution is 0.466. The lowest BCUT2D eigenvalue weighted by Gasteiger charge is -2.22. The van der Waals surface area contributed by atoms with Gasteiger partial charge in [-0.1, -0.05) is 178 Å². The summed E-state index contributed by atoms with van der Waals surface area (Å²) in [4.78, 5) is 10.4. The van der Waals surface area contributed by atoms with Crippen molar-refractivity contribution in [1.29, 1.82) is 0 Å². The van der Waals surface area contributed by atoms with E-state index in [2.05, 4.69) is 120 Å². The van der Waals surface area contributed by atoms with E-state index in [1.165, 1.54) is 5.56 Å². The van der Waals surface area contributed by atoms with Gasteiger partial charge in [-0.05, 0) is 139 Å². The molecule has 0 bridgehead atoms. The maximum absolute atomic E-state index is 12.6. The first-order valence-corrected chi connectivity index (χ1v) is 23.0. The molecule has 0 aliphatic heterocycles. The van der Waals surface area contributed by atoms with Gasteiger partial charge >= 0.3 is 0 Å². The SMILES string of the molecule is [2H]c1c([2H])c([2H])c(-c2ccnc(-c3cc(-c4cccc5c4nc(-c4cc(C([2H])(C)C)cc(C([2H])(C)C)c4O)n5-c4cc(-c5ccccc5)c(C)cc4-c4ccc(C(C)(C)C)cc4)cc(C(C)(C)C)c3)c2)c([2H])c1[2H]. The molecule has 2 aromatic heterocycles. The number of aryl methyl sites for hydroxylation is 1. The molecule has 1 N–H and O–H groups in total. The molecule has 0 amide bonds.